The summed E-state index contributed by atoms with van der Waals surface area (Å²) < 4.78 is 0. The predicted octanol–water partition coefficient (Wildman–Crippen LogP) is 3.87. The molecule has 0 saturated carbocycles. The average molecular weight is 262 g/mol. The third kappa shape index (κ3) is 2.83. The van der Waals surface area contributed by atoms with Gasteiger partial charge in [-0.05, 0) is 63.4 Å². The zero-order valence-electron chi connectivity index (χ0n) is 11.5. The molecule has 1 saturated heterocycles. The number of hydrogen-bond donors (Lipinski definition) is 1. The standard InChI is InChI=1S/C15H22N2S/c1-11-7-6-8-12(2)14(11)16-15(18)17-10-5-4-9-13(17)3/h6-8,13H,4-5,9-10H2,1-3H3,(H,16,18)/t13-/m0/s1. The van der Waals surface area contributed by atoms with Crippen LogP contribution in [0.5, 0.6) is 0 Å². The molecule has 0 spiro atoms. The van der Waals surface area contributed by atoms with Crippen LogP contribution in [0.15, 0.2) is 18.2 Å². The highest BCUT2D eigenvalue weighted by Crippen LogP contribution is 2.22. The van der Waals surface area contributed by atoms with Crippen LogP contribution in [0.1, 0.15) is 37.3 Å². The van der Waals surface area contributed by atoms with E-state index >= 15 is 0 Å². The monoisotopic (exact) mass is 262 g/mol. The molecule has 0 unspecified atom stereocenters. The Bertz CT molecular complexity index is 422. The lowest BCUT2D eigenvalue weighted by atomic mass is 10.0. The third-order valence-corrected chi connectivity index (χ3v) is 4.11. The summed E-state index contributed by atoms with van der Waals surface area (Å²) in [5, 5.41) is 4.31. The molecule has 98 valence electrons. The molecule has 1 N–H and O–H groups in total. The van der Waals surface area contributed by atoms with Crippen molar-refractivity contribution in [3.05, 3.63) is 29.3 Å². The van der Waals surface area contributed by atoms with E-state index in [1.807, 2.05) is 0 Å². The molecule has 0 aliphatic carbocycles. The van der Waals surface area contributed by atoms with E-state index in [9.17, 15) is 0 Å². The lowest BCUT2D eigenvalue weighted by Crippen LogP contribution is -2.44. The Morgan fingerprint density at radius 1 is 1.28 bits per heavy atom. The fourth-order valence-electron chi connectivity index (χ4n) is 2.59. The minimum Gasteiger partial charge on any atom is -0.346 e. The molecule has 1 aromatic carbocycles. The molecule has 1 aliphatic heterocycles. The molecule has 1 aliphatic rings. The number of anilines is 1. The predicted molar refractivity (Wildman–Crippen MR) is 82.2 cm³/mol. The first-order valence-electron chi connectivity index (χ1n) is 6.73. The van der Waals surface area contributed by atoms with Crippen LogP contribution in [-0.2, 0) is 0 Å². The lowest BCUT2D eigenvalue weighted by Gasteiger charge is -2.36. The Balaban J connectivity index is 2.11. The highest BCUT2D eigenvalue weighted by Gasteiger charge is 2.21. The van der Waals surface area contributed by atoms with Crippen LogP contribution >= 0.6 is 12.2 Å². The molecular formula is C15H22N2S. The van der Waals surface area contributed by atoms with Gasteiger partial charge in [0.05, 0.1) is 0 Å². The molecule has 3 heteroatoms. The molecule has 0 amide bonds. The van der Waals surface area contributed by atoms with Crippen LogP contribution in [0, 0.1) is 13.8 Å². The Hall–Kier alpha value is -1.09. The van der Waals surface area contributed by atoms with Crippen molar-refractivity contribution in [2.24, 2.45) is 0 Å². The SMILES string of the molecule is Cc1cccc(C)c1NC(=S)N1CCCC[C@@H]1C. The zero-order chi connectivity index (χ0) is 13.1. The second kappa shape index (κ2) is 5.70. The van der Waals surface area contributed by atoms with Gasteiger partial charge in [0.25, 0.3) is 0 Å². The van der Waals surface area contributed by atoms with Gasteiger partial charge in [0.15, 0.2) is 5.11 Å². The van der Waals surface area contributed by atoms with E-state index in [4.69, 9.17) is 12.2 Å². The Morgan fingerprint density at radius 2 is 1.94 bits per heavy atom. The van der Waals surface area contributed by atoms with Gasteiger partial charge in [-0.15, -0.1) is 0 Å². The van der Waals surface area contributed by atoms with Crippen molar-refractivity contribution in [3.63, 3.8) is 0 Å². The first-order valence-corrected chi connectivity index (χ1v) is 7.14. The van der Waals surface area contributed by atoms with Crippen molar-refractivity contribution in [3.8, 4) is 0 Å². The van der Waals surface area contributed by atoms with Gasteiger partial charge in [0, 0.05) is 18.3 Å². The fraction of sp³-hybridized carbons (Fsp3) is 0.533. The molecule has 1 atom stereocenters. The number of nitrogens with zero attached hydrogens (tertiary/aromatic N) is 1. The number of likely N-dealkylation sites (tertiary alicyclic amines) is 1. The Morgan fingerprint density at radius 3 is 2.56 bits per heavy atom. The number of rotatable bonds is 1. The number of thiocarbonyl (C=S) groups is 1. The van der Waals surface area contributed by atoms with Crippen LogP contribution in [0.2, 0.25) is 0 Å². The summed E-state index contributed by atoms with van der Waals surface area (Å²) in [6.07, 6.45) is 3.82. The number of piperidine rings is 1. The smallest absolute Gasteiger partial charge is 0.173 e. The molecule has 1 aromatic rings. The van der Waals surface area contributed by atoms with Crippen molar-refractivity contribution in [2.45, 2.75) is 46.1 Å². The third-order valence-electron chi connectivity index (χ3n) is 3.78. The summed E-state index contributed by atoms with van der Waals surface area (Å²) in [7, 11) is 0. The van der Waals surface area contributed by atoms with E-state index in [1.54, 1.807) is 0 Å². The minimum absolute atomic E-state index is 0.558. The lowest BCUT2D eigenvalue weighted by molar-refractivity contribution is 0.262. The summed E-state index contributed by atoms with van der Waals surface area (Å²) in [5.74, 6) is 0. The normalized spacial score (nSPS) is 19.7. The number of hydrogen-bond acceptors (Lipinski definition) is 1. The molecule has 18 heavy (non-hydrogen) atoms. The molecule has 0 radical (unpaired) electrons. The molecular weight excluding hydrogens is 240 g/mol. The van der Waals surface area contributed by atoms with Crippen LogP contribution in [0.4, 0.5) is 5.69 Å². The van der Waals surface area contributed by atoms with E-state index in [1.165, 1.54) is 36.1 Å². The van der Waals surface area contributed by atoms with Crippen molar-refractivity contribution in [1.29, 1.82) is 0 Å². The van der Waals surface area contributed by atoms with Gasteiger partial charge in [-0.1, -0.05) is 18.2 Å². The Labute approximate surface area is 115 Å². The van der Waals surface area contributed by atoms with Crippen molar-refractivity contribution >= 4 is 23.0 Å². The van der Waals surface area contributed by atoms with Gasteiger partial charge in [0.2, 0.25) is 0 Å². The molecule has 1 fully saturated rings. The quantitative estimate of drug-likeness (QED) is 0.773. The van der Waals surface area contributed by atoms with Gasteiger partial charge in [-0.25, -0.2) is 0 Å². The first-order chi connectivity index (χ1) is 8.59. The van der Waals surface area contributed by atoms with Crippen molar-refractivity contribution < 1.29 is 0 Å². The molecule has 0 bridgehead atoms. The van der Waals surface area contributed by atoms with E-state index in [0.717, 1.165) is 11.7 Å². The maximum atomic E-state index is 5.57. The van der Waals surface area contributed by atoms with E-state index in [0.29, 0.717) is 6.04 Å². The number of para-hydroxylation sites is 1. The average Bonchev–Trinajstić information content (AvgIpc) is 2.34. The highest BCUT2D eigenvalue weighted by molar-refractivity contribution is 7.80. The van der Waals surface area contributed by atoms with E-state index in [-0.39, 0.29) is 0 Å². The number of nitrogens with one attached hydrogen (secondary N) is 1. The topological polar surface area (TPSA) is 15.3 Å². The van der Waals surface area contributed by atoms with Crippen LogP contribution in [0.3, 0.4) is 0 Å². The largest absolute Gasteiger partial charge is 0.346 e. The van der Waals surface area contributed by atoms with Crippen LogP contribution < -0.4 is 5.32 Å². The summed E-state index contributed by atoms with van der Waals surface area (Å²) in [6.45, 7) is 7.59. The van der Waals surface area contributed by atoms with E-state index in [2.05, 4.69) is 49.2 Å². The molecule has 0 aromatic heterocycles. The van der Waals surface area contributed by atoms with Crippen LogP contribution in [-0.4, -0.2) is 22.6 Å². The van der Waals surface area contributed by atoms with Gasteiger partial charge < -0.3 is 10.2 Å². The Kier molecular flexibility index (Phi) is 4.23. The highest BCUT2D eigenvalue weighted by atomic mass is 32.1. The van der Waals surface area contributed by atoms with Crippen molar-refractivity contribution in [2.75, 3.05) is 11.9 Å². The fourth-order valence-corrected chi connectivity index (χ4v) is 2.96. The van der Waals surface area contributed by atoms with Crippen LogP contribution in [0.25, 0.3) is 0 Å². The van der Waals surface area contributed by atoms with Gasteiger partial charge in [-0.2, -0.15) is 0 Å². The maximum Gasteiger partial charge on any atom is 0.173 e. The molecule has 2 rings (SSSR count). The van der Waals surface area contributed by atoms with Gasteiger partial charge in [-0.3, -0.25) is 0 Å². The maximum absolute atomic E-state index is 5.57. The summed E-state index contributed by atoms with van der Waals surface area (Å²) in [6, 6.07) is 6.89. The second-order valence-corrected chi connectivity index (χ2v) is 5.62. The van der Waals surface area contributed by atoms with Gasteiger partial charge in [0.1, 0.15) is 0 Å². The summed E-state index contributed by atoms with van der Waals surface area (Å²) in [5.41, 5.74) is 3.67. The molecule has 2 nitrogen and oxygen atoms in total. The summed E-state index contributed by atoms with van der Waals surface area (Å²) in [4.78, 5) is 2.32. The van der Waals surface area contributed by atoms with Gasteiger partial charge >= 0.3 is 0 Å². The first kappa shape index (κ1) is 13.3. The second-order valence-electron chi connectivity index (χ2n) is 5.24. The number of aryl methyl sites for hydroxylation is 2. The van der Waals surface area contributed by atoms with Crippen molar-refractivity contribution in [1.82, 2.24) is 4.90 Å². The van der Waals surface area contributed by atoms with E-state index < -0.39 is 0 Å². The molecule has 1 heterocycles. The summed E-state index contributed by atoms with van der Waals surface area (Å²) >= 11 is 5.57. The zero-order valence-corrected chi connectivity index (χ0v) is 12.3. The minimum atomic E-state index is 0.558. The number of benzene rings is 1.